The molecule has 0 saturated carbocycles. The van der Waals surface area contributed by atoms with Crippen LogP contribution in [-0.2, 0) is 12.8 Å². The van der Waals surface area contributed by atoms with Crippen molar-refractivity contribution >= 4 is 22.1 Å². The maximum absolute atomic E-state index is 11.8. The number of carbonyl (C=O) groups is 1. The Morgan fingerprint density at radius 3 is 2.84 bits per heavy atom. The molecular formula is C15H15NO2S. The highest BCUT2D eigenvalue weighted by molar-refractivity contribution is 7.17. The number of nitrogens with two attached hydrogens (primary N) is 1. The Balaban J connectivity index is 2.25. The molecule has 98 valence electrons. The monoisotopic (exact) mass is 273 g/mol. The van der Waals surface area contributed by atoms with Gasteiger partial charge in [0, 0.05) is 10.4 Å². The van der Waals surface area contributed by atoms with Gasteiger partial charge in [-0.05, 0) is 43.0 Å². The molecule has 0 unspecified atom stereocenters. The molecular weight excluding hydrogens is 258 g/mol. The minimum Gasteiger partial charge on any atom is -0.497 e. The normalized spacial score (nSPS) is 12.7. The lowest BCUT2D eigenvalue weighted by Crippen LogP contribution is -2.05. The molecule has 0 aliphatic heterocycles. The second-order valence-corrected chi connectivity index (χ2v) is 5.86. The molecule has 0 fully saturated rings. The van der Waals surface area contributed by atoms with Gasteiger partial charge in [-0.25, -0.2) is 0 Å². The lowest BCUT2D eigenvalue weighted by atomic mass is 9.87. The van der Waals surface area contributed by atoms with E-state index in [4.69, 9.17) is 10.5 Å². The van der Waals surface area contributed by atoms with Crippen molar-refractivity contribution in [2.45, 2.75) is 19.8 Å². The molecule has 0 amide bonds. The molecule has 1 aromatic heterocycles. The highest BCUT2D eigenvalue weighted by Crippen LogP contribution is 2.44. The first-order valence-corrected chi connectivity index (χ1v) is 7.03. The highest BCUT2D eigenvalue weighted by Gasteiger charge is 2.26. The van der Waals surface area contributed by atoms with Gasteiger partial charge in [0.15, 0.2) is 5.78 Å². The molecule has 2 aromatic rings. The number of ketones is 1. The van der Waals surface area contributed by atoms with Crippen molar-refractivity contribution in [1.29, 1.82) is 0 Å². The lowest BCUT2D eigenvalue weighted by Gasteiger charge is -2.18. The quantitative estimate of drug-likeness (QED) is 0.854. The summed E-state index contributed by atoms with van der Waals surface area (Å²) in [5.74, 6) is 0.897. The van der Waals surface area contributed by atoms with Crippen LogP contribution in [0, 0.1) is 0 Å². The molecule has 0 spiro atoms. The zero-order chi connectivity index (χ0) is 13.6. The summed E-state index contributed by atoms with van der Waals surface area (Å²) in [4.78, 5) is 13.1. The van der Waals surface area contributed by atoms with Crippen LogP contribution in [0.4, 0.5) is 5.00 Å². The summed E-state index contributed by atoms with van der Waals surface area (Å²) in [6.45, 7) is 1.58. The molecule has 0 saturated heterocycles. The number of fused-ring (bicyclic) bond motifs is 3. The van der Waals surface area contributed by atoms with E-state index in [2.05, 4.69) is 6.07 Å². The Bertz CT molecular complexity index is 673. The van der Waals surface area contributed by atoms with E-state index in [0.29, 0.717) is 10.6 Å². The smallest absolute Gasteiger partial charge is 0.163 e. The van der Waals surface area contributed by atoms with E-state index in [-0.39, 0.29) is 5.78 Å². The van der Waals surface area contributed by atoms with Gasteiger partial charge >= 0.3 is 0 Å². The number of hydrogen-bond donors (Lipinski definition) is 1. The molecule has 0 atom stereocenters. The van der Waals surface area contributed by atoms with Gasteiger partial charge in [0.25, 0.3) is 0 Å². The predicted molar refractivity (Wildman–Crippen MR) is 78.1 cm³/mol. The van der Waals surface area contributed by atoms with E-state index in [9.17, 15) is 4.79 Å². The van der Waals surface area contributed by atoms with Crippen LogP contribution in [0.3, 0.4) is 0 Å². The van der Waals surface area contributed by atoms with Crippen LogP contribution < -0.4 is 10.5 Å². The predicted octanol–water partition coefficient (Wildman–Crippen LogP) is 3.31. The van der Waals surface area contributed by atoms with E-state index in [1.165, 1.54) is 10.4 Å². The van der Waals surface area contributed by atoms with Gasteiger partial charge in [-0.1, -0.05) is 6.07 Å². The maximum Gasteiger partial charge on any atom is 0.163 e. The van der Waals surface area contributed by atoms with Gasteiger partial charge in [0.2, 0.25) is 0 Å². The van der Waals surface area contributed by atoms with Crippen LogP contribution in [0.5, 0.6) is 5.75 Å². The second-order valence-electron chi connectivity index (χ2n) is 4.72. The summed E-state index contributed by atoms with van der Waals surface area (Å²) in [6, 6.07) is 6.02. The second kappa shape index (κ2) is 4.38. The Morgan fingerprint density at radius 1 is 1.37 bits per heavy atom. The Labute approximate surface area is 116 Å². The number of benzene rings is 1. The topological polar surface area (TPSA) is 52.3 Å². The fraction of sp³-hybridized carbons (Fsp3) is 0.267. The first-order chi connectivity index (χ1) is 9.11. The average molecular weight is 273 g/mol. The average Bonchev–Trinajstić information content (AvgIpc) is 2.74. The van der Waals surface area contributed by atoms with Crippen LogP contribution in [0.2, 0.25) is 0 Å². The van der Waals surface area contributed by atoms with Gasteiger partial charge in [0.1, 0.15) is 5.75 Å². The summed E-state index contributed by atoms with van der Waals surface area (Å²) < 4.78 is 5.26. The number of nitrogen functional groups attached to an aromatic ring is 1. The number of methoxy groups -OCH3 is 1. The largest absolute Gasteiger partial charge is 0.497 e. The first-order valence-electron chi connectivity index (χ1n) is 6.21. The number of thiophene rings is 1. The fourth-order valence-electron chi connectivity index (χ4n) is 2.70. The minimum atomic E-state index is 0.0404. The maximum atomic E-state index is 11.8. The minimum absolute atomic E-state index is 0.0404. The van der Waals surface area contributed by atoms with Gasteiger partial charge in [-0.2, -0.15) is 0 Å². The summed E-state index contributed by atoms with van der Waals surface area (Å²) in [7, 11) is 1.67. The molecule has 1 heterocycles. The van der Waals surface area contributed by atoms with E-state index in [1.807, 2.05) is 12.1 Å². The standard InChI is InChI=1S/C15H15NO2S/c1-8(17)13-14-11-5-4-10(18-2)7-9(11)3-6-12(14)19-15(13)16/h4-5,7H,3,6,16H2,1-2H3. The Kier molecular flexibility index (Phi) is 2.82. The van der Waals surface area contributed by atoms with Crippen molar-refractivity contribution < 1.29 is 9.53 Å². The first kappa shape index (κ1) is 12.2. The van der Waals surface area contributed by atoms with Crippen molar-refractivity contribution in [3.8, 4) is 16.9 Å². The third-order valence-corrected chi connectivity index (χ3v) is 4.64. The molecule has 0 radical (unpaired) electrons. The number of anilines is 1. The summed E-state index contributed by atoms with van der Waals surface area (Å²) in [5, 5.41) is 0.640. The van der Waals surface area contributed by atoms with Crippen molar-refractivity contribution in [2.24, 2.45) is 0 Å². The number of aryl methyl sites for hydroxylation is 2. The zero-order valence-electron chi connectivity index (χ0n) is 10.9. The fourth-order valence-corrected chi connectivity index (χ4v) is 3.84. The molecule has 1 aliphatic rings. The van der Waals surface area contributed by atoms with Gasteiger partial charge in [0.05, 0.1) is 17.7 Å². The molecule has 2 N–H and O–H groups in total. The zero-order valence-corrected chi connectivity index (χ0v) is 11.8. The van der Waals surface area contributed by atoms with Crippen LogP contribution in [0.1, 0.15) is 27.7 Å². The summed E-state index contributed by atoms with van der Waals surface area (Å²) >= 11 is 1.54. The van der Waals surface area contributed by atoms with Crippen LogP contribution >= 0.6 is 11.3 Å². The van der Waals surface area contributed by atoms with Gasteiger partial charge in [-0.15, -0.1) is 11.3 Å². The van der Waals surface area contributed by atoms with Crippen molar-refractivity contribution in [2.75, 3.05) is 12.8 Å². The molecule has 0 bridgehead atoms. The van der Waals surface area contributed by atoms with Crippen molar-refractivity contribution in [3.63, 3.8) is 0 Å². The Morgan fingerprint density at radius 2 is 2.16 bits per heavy atom. The molecule has 19 heavy (non-hydrogen) atoms. The number of rotatable bonds is 2. The third kappa shape index (κ3) is 1.83. The SMILES string of the molecule is COc1ccc2c(c1)CCc1sc(N)c(C(C)=O)c1-2. The van der Waals surface area contributed by atoms with Crippen molar-refractivity contribution in [1.82, 2.24) is 0 Å². The third-order valence-electron chi connectivity index (χ3n) is 3.56. The molecule has 4 heteroatoms. The molecule has 3 rings (SSSR count). The highest BCUT2D eigenvalue weighted by atomic mass is 32.1. The summed E-state index contributed by atoms with van der Waals surface area (Å²) in [6.07, 6.45) is 1.91. The van der Waals surface area contributed by atoms with E-state index in [1.54, 1.807) is 25.4 Å². The number of ether oxygens (including phenoxy) is 1. The van der Waals surface area contributed by atoms with E-state index < -0.39 is 0 Å². The van der Waals surface area contributed by atoms with Crippen LogP contribution in [0.25, 0.3) is 11.1 Å². The number of carbonyl (C=O) groups excluding carboxylic acids is 1. The van der Waals surface area contributed by atoms with E-state index in [0.717, 1.165) is 29.7 Å². The molecule has 1 aromatic carbocycles. The lowest BCUT2D eigenvalue weighted by molar-refractivity contribution is 0.101. The van der Waals surface area contributed by atoms with Crippen LogP contribution in [0.15, 0.2) is 18.2 Å². The van der Waals surface area contributed by atoms with E-state index >= 15 is 0 Å². The number of hydrogen-bond acceptors (Lipinski definition) is 4. The van der Waals surface area contributed by atoms with Crippen LogP contribution in [-0.4, -0.2) is 12.9 Å². The number of Topliss-reactive ketones (excluding diaryl/α,β-unsaturated/α-hetero) is 1. The Hall–Kier alpha value is -1.81. The molecule has 3 nitrogen and oxygen atoms in total. The van der Waals surface area contributed by atoms with Gasteiger partial charge < -0.3 is 10.5 Å². The molecule has 1 aliphatic carbocycles. The van der Waals surface area contributed by atoms with Gasteiger partial charge in [-0.3, -0.25) is 4.79 Å². The van der Waals surface area contributed by atoms with Crippen molar-refractivity contribution in [3.05, 3.63) is 34.2 Å². The summed E-state index contributed by atoms with van der Waals surface area (Å²) in [5.41, 5.74) is 10.1.